The number of hydrazone groups is 1. The van der Waals surface area contributed by atoms with Crippen molar-refractivity contribution in [2.24, 2.45) is 5.10 Å². The molecule has 1 amide bonds. The van der Waals surface area contributed by atoms with Crippen molar-refractivity contribution in [3.05, 3.63) is 88.3 Å². The van der Waals surface area contributed by atoms with Crippen molar-refractivity contribution < 1.29 is 23.8 Å². The second-order valence-corrected chi connectivity index (χ2v) is 9.39. The van der Waals surface area contributed by atoms with Gasteiger partial charge in [0.15, 0.2) is 6.61 Å². The highest BCUT2D eigenvalue weighted by atomic mass is 35.5. The van der Waals surface area contributed by atoms with Crippen molar-refractivity contribution in [1.29, 1.82) is 0 Å². The number of benzene rings is 3. The van der Waals surface area contributed by atoms with Crippen LogP contribution in [0.3, 0.4) is 0 Å². The van der Waals surface area contributed by atoms with Crippen LogP contribution in [0.1, 0.15) is 35.0 Å². The molecule has 0 unspecified atom stereocenters. The monoisotopic (exact) mass is 536 g/mol. The van der Waals surface area contributed by atoms with Crippen molar-refractivity contribution >= 4 is 51.1 Å². The summed E-state index contributed by atoms with van der Waals surface area (Å²) in [5.41, 5.74) is 3.12. The van der Waals surface area contributed by atoms with Gasteiger partial charge < -0.3 is 14.2 Å². The lowest BCUT2D eigenvalue weighted by Crippen LogP contribution is -2.24. The van der Waals surface area contributed by atoms with Gasteiger partial charge in [0.1, 0.15) is 22.1 Å². The summed E-state index contributed by atoms with van der Waals surface area (Å²) in [5, 5.41) is 5.15. The van der Waals surface area contributed by atoms with Crippen LogP contribution in [0.5, 0.6) is 17.2 Å². The van der Waals surface area contributed by atoms with Gasteiger partial charge in [-0.15, -0.1) is 11.3 Å². The second-order valence-electron chi connectivity index (χ2n) is 7.96. The summed E-state index contributed by atoms with van der Waals surface area (Å²) in [6.45, 7) is 2.60. The van der Waals surface area contributed by atoms with E-state index in [1.807, 2.05) is 24.3 Å². The highest BCUT2D eigenvalue weighted by molar-refractivity contribution is 7.21. The standard InChI is InChI=1S/C28H25ClN2O5S/c1-2-3-16-34-20-12-14-21(15-13-20)35-18-25(32)31-30-17-19-8-10-22(11-9-19)36-28(33)27-26(29)23-6-4-5-7-24(23)37-27/h4-15,17H,2-3,16,18H2,1H3,(H,31,32)/b30-17+. The van der Waals surface area contributed by atoms with Gasteiger partial charge in [0.25, 0.3) is 5.91 Å². The van der Waals surface area contributed by atoms with Gasteiger partial charge in [0.2, 0.25) is 0 Å². The summed E-state index contributed by atoms with van der Waals surface area (Å²) >= 11 is 7.65. The Bertz CT molecular complexity index is 1380. The smallest absolute Gasteiger partial charge is 0.355 e. The van der Waals surface area contributed by atoms with Crippen molar-refractivity contribution in [3.8, 4) is 17.2 Å². The lowest BCUT2D eigenvalue weighted by Gasteiger charge is -2.08. The van der Waals surface area contributed by atoms with Gasteiger partial charge in [-0.3, -0.25) is 4.79 Å². The Morgan fingerprint density at radius 2 is 1.62 bits per heavy atom. The number of amides is 1. The number of esters is 1. The molecule has 1 aromatic heterocycles. The van der Waals surface area contributed by atoms with Gasteiger partial charge in [-0.25, -0.2) is 10.2 Å². The number of rotatable bonds is 11. The summed E-state index contributed by atoms with van der Waals surface area (Å²) in [4.78, 5) is 24.9. The number of nitrogens with zero attached hydrogens (tertiary/aromatic N) is 1. The van der Waals surface area contributed by atoms with E-state index < -0.39 is 11.9 Å². The number of hydrogen-bond acceptors (Lipinski definition) is 7. The zero-order valence-corrected chi connectivity index (χ0v) is 21.7. The van der Waals surface area contributed by atoms with Crippen molar-refractivity contribution in [1.82, 2.24) is 5.43 Å². The molecule has 0 aliphatic rings. The first-order valence-corrected chi connectivity index (χ1v) is 12.9. The number of ether oxygens (including phenoxy) is 3. The summed E-state index contributed by atoms with van der Waals surface area (Å²) in [6.07, 6.45) is 3.55. The highest BCUT2D eigenvalue weighted by Gasteiger charge is 2.18. The molecule has 4 rings (SSSR count). The molecule has 190 valence electrons. The van der Waals surface area contributed by atoms with E-state index in [1.165, 1.54) is 17.6 Å². The molecule has 1 heterocycles. The van der Waals surface area contributed by atoms with Gasteiger partial charge in [0, 0.05) is 10.1 Å². The van der Waals surface area contributed by atoms with Crippen LogP contribution in [-0.2, 0) is 4.79 Å². The zero-order chi connectivity index (χ0) is 26.0. The second kappa shape index (κ2) is 12.9. The van der Waals surface area contributed by atoms with Crippen molar-refractivity contribution in [2.75, 3.05) is 13.2 Å². The lowest BCUT2D eigenvalue weighted by molar-refractivity contribution is -0.123. The maximum atomic E-state index is 12.6. The molecular weight excluding hydrogens is 512 g/mol. The predicted molar refractivity (Wildman–Crippen MR) is 146 cm³/mol. The average molecular weight is 537 g/mol. The van der Waals surface area contributed by atoms with Gasteiger partial charge in [-0.2, -0.15) is 5.10 Å². The number of fused-ring (bicyclic) bond motifs is 1. The fraction of sp³-hybridized carbons (Fsp3) is 0.179. The third kappa shape index (κ3) is 7.31. The van der Waals surface area contributed by atoms with Crippen LogP contribution < -0.4 is 19.6 Å². The fourth-order valence-electron chi connectivity index (χ4n) is 3.25. The topological polar surface area (TPSA) is 86.2 Å². The number of unbranched alkanes of at least 4 members (excludes halogenated alkanes) is 1. The van der Waals surface area contributed by atoms with Crippen LogP contribution in [0, 0.1) is 0 Å². The third-order valence-corrected chi connectivity index (χ3v) is 6.83. The number of thiophene rings is 1. The van der Waals surface area contributed by atoms with Crippen LogP contribution in [0.25, 0.3) is 10.1 Å². The summed E-state index contributed by atoms with van der Waals surface area (Å²) < 4.78 is 17.5. The van der Waals surface area contributed by atoms with Crippen LogP contribution >= 0.6 is 22.9 Å². The lowest BCUT2D eigenvalue weighted by atomic mass is 10.2. The highest BCUT2D eigenvalue weighted by Crippen LogP contribution is 2.35. The minimum Gasteiger partial charge on any atom is -0.494 e. The van der Waals surface area contributed by atoms with Crippen LogP contribution in [0.2, 0.25) is 5.02 Å². The minimum atomic E-state index is -0.515. The SMILES string of the molecule is CCCCOc1ccc(OCC(=O)N/N=C/c2ccc(OC(=O)c3sc4ccccc4c3Cl)cc2)cc1. The maximum absolute atomic E-state index is 12.6. The van der Waals surface area contributed by atoms with Crippen LogP contribution in [0.4, 0.5) is 0 Å². The van der Waals surface area contributed by atoms with Crippen molar-refractivity contribution in [2.45, 2.75) is 19.8 Å². The Labute approximate surface area is 223 Å². The first-order chi connectivity index (χ1) is 18.0. The molecule has 0 fully saturated rings. The number of hydrogen-bond donors (Lipinski definition) is 1. The Morgan fingerprint density at radius 3 is 2.32 bits per heavy atom. The molecule has 37 heavy (non-hydrogen) atoms. The number of nitrogens with one attached hydrogen (secondary N) is 1. The zero-order valence-electron chi connectivity index (χ0n) is 20.1. The van der Waals surface area contributed by atoms with Gasteiger partial charge in [-0.1, -0.05) is 43.1 Å². The minimum absolute atomic E-state index is 0.178. The summed E-state index contributed by atoms with van der Waals surface area (Å²) in [7, 11) is 0. The van der Waals surface area contributed by atoms with Gasteiger partial charge >= 0.3 is 5.97 Å². The van der Waals surface area contributed by atoms with E-state index in [2.05, 4.69) is 17.5 Å². The molecule has 0 aliphatic heterocycles. The molecule has 1 N–H and O–H groups in total. The van der Waals surface area contributed by atoms with E-state index in [1.54, 1.807) is 48.5 Å². The molecule has 0 aliphatic carbocycles. The van der Waals surface area contributed by atoms with Gasteiger partial charge in [-0.05, 0) is 66.6 Å². The Morgan fingerprint density at radius 1 is 0.946 bits per heavy atom. The van der Waals surface area contributed by atoms with E-state index in [0.29, 0.717) is 33.6 Å². The average Bonchev–Trinajstić information content (AvgIpc) is 3.26. The molecule has 0 radical (unpaired) electrons. The Balaban J connectivity index is 1.22. The predicted octanol–water partition coefficient (Wildman–Crippen LogP) is 6.48. The van der Waals surface area contributed by atoms with E-state index in [-0.39, 0.29) is 6.61 Å². The van der Waals surface area contributed by atoms with Gasteiger partial charge in [0.05, 0.1) is 17.8 Å². The van der Waals surface area contributed by atoms with Crippen molar-refractivity contribution in [3.63, 3.8) is 0 Å². The van der Waals surface area contributed by atoms with Crippen LogP contribution in [-0.4, -0.2) is 31.3 Å². The van der Waals surface area contributed by atoms with E-state index in [4.69, 9.17) is 25.8 Å². The largest absolute Gasteiger partial charge is 0.494 e. The first-order valence-electron chi connectivity index (χ1n) is 11.7. The molecule has 4 aromatic rings. The quantitative estimate of drug-likeness (QED) is 0.0779. The number of carbonyl (C=O) groups excluding carboxylic acids is 2. The summed E-state index contributed by atoms with van der Waals surface area (Å²) in [6, 6.07) is 21.4. The molecule has 7 nitrogen and oxygen atoms in total. The maximum Gasteiger partial charge on any atom is 0.355 e. The number of halogens is 1. The van der Waals surface area contributed by atoms with E-state index in [0.717, 1.165) is 28.7 Å². The summed E-state index contributed by atoms with van der Waals surface area (Å²) in [5.74, 6) is 0.780. The fourth-order valence-corrected chi connectivity index (χ4v) is 4.63. The first kappa shape index (κ1) is 26.2. The molecule has 0 spiro atoms. The molecular formula is C28H25ClN2O5S. The molecule has 0 saturated heterocycles. The Kier molecular flexibility index (Phi) is 9.13. The molecule has 0 saturated carbocycles. The molecule has 0 bridgehead atoms. The van der Waals surface area contributed by atoms with Crippen LogP contribution in [0.15, 0.2) is 77.9 Å². The molecule has 0 atom stereocenters. The third-order valence-electron chi connectivity index (χ3n) is 5.17. The van der Waals surface area contributed by atoms with E-state index >= 15 is 0 Å². The van der Waals surface area contributed by atoms with E-state index in [9.17, 15) is 9.59 Å². The molecule has 9 heteroatoms. The normalized spacial score (nSPS) is 11.0. The molecule has 3 aromatic carbocycles. The Hall–Kier alpha value is -3.88. The number of carbonyl (C=O) groups is 2.